The van der Waals surface area contributed by atoms with Gasteiger partial charge in [-0.1, -0.05) is 29.8 Å². The van der Waals surface area contributed by atoms with Gasteiger partial charge in [0.15, 0.2) is 0 Å². The van der Waals surface area contributed by atoms with Crippen LogP contribution in [0.4, 0.5) is 0 Å². The van der Waals surface area contributed by atoms with Crippen LogP contribution in [0.2, 0.25) is 0 Å². The number of rotatable bonds is 4. The fourth-order valence-corrected chi connectivity index (χ4v) is 3.12. The summed E-state index contributed by atoms with van der Waals surface area (Å²) in [4.78, 5) is 0. The van der Waals surface area contributed by atoms with Crippen molar-refractivity contribution in [2.24, 2.45) is 0 Å². The third-order valence-electron chi connectivity index (χ3n) is 2.83. The smallest absolute Gasteiger partial charge is 0.0185 e. The molecular weight excluding hydrogens is 202 g/mol. The van der Waals surface area contributed by atoms with E-state index in [1.165, 1.54) is 36.3 Å². The Labute approximate surface area is 96.7 Å². The van der Waals surface area contributed by atoms with Crippen molar-refractivity contribution in [1.82, 2.24) is 5.32 Å². The molecule has 1 N–H and O–H groups in total. The molecule has 1 aromatic rings. The summed E-state index contributed by atoms with van der Waals surface area (Å²) in [6, 6.07) is 9.59. The van der Waals surface area contributed by atoms with E-state index in [0.717, 1.165) is 11.8 Å². The second-order valence-electron chi connectivity index (χ2n) is 4.30. The van der Waals surface area contributed by atoms with Crippen molar-refractivity contribution in [1.29, 1.82) is 0 Å². The zero-order valence-electron chi connectivity index (χ0n) is 9.33. The molecule has 1 heterocycles. The van der Waals surface area contributed by atoms with E-state index in [4.69, 9.17) is 0 Å². The SMILES string of the molecule is Cc1cccc(CSCC2CCCN2)c1. The van der Waals surface area contributed by atoms with Gasteiger partial charge in [-0.05, 0) is 31.9 Å². The van der Waals surface area contributed by atoms with Gasteiger partial charge in [-0.25, -0.2) is 0 Å². The largest absolute Gasteiger partial charge is 0.313 e. The van der Waals surface area contributed by atoms with E-state index in [-0.39, 0.29) is 0 Å². The fraction of sp³-hybridized carbons (Fsp3) is 0.538. The Morgan fingerprint density at radius 2 is 2.40 bits per heavy atom. The summed E-state index contributed by atoms with van der Waals surface area (Å²) in [5, 5.41) is 3.53. The minimum atomic E-state index is 0.764. The quantitative estimate of drug-likeness (QED) is 0.839. The van der Waals surface area contributed by atoms with Gasteiger partial charge < -0.3 is 5.32 Å². The first-order valence-corrected chi connectivity index (χ1v) is 6.87. The Balaban J connectivity index is 1.73. The molecule has 1 aliphatic heterocycles. The molecule has 0 aliphatic carbocycles. The summed E-state index contributed by atoms with van der Waals surface area (Å²) in [6.07, 6.45) is 2.72. The van der Waals surface area contributed by atoms with Crippen molar-refractivity contribution in [3.63, 3.8) is 0 Å². The van der Waals surface area contributed by atoms with Crippen LogP contribution in [0.25, 0.3) is 0 Å². The van der Waals surface area contributed by atoms with Crippen molar-refractivity contribution in [2.45, 2.75) is 31.6 Å². The third kappa shape index (κ3) is 3.54. The maximum atomic E-state index is 3.53. The van der Waals surface area contributed by atoms with E-state index in [9.17, 15) is 0 Å². The van der Waals surface area contributed by atoms with Crippen LogP contribution < -0.4 is 5.32 Å². The van der Waals surface area contributed by atoms with E-state index >= 15 is 0 Å². The molecular formula is C13H19NS. The van der Waals surface area contributed by atoms with Gasteiger partial charge in [0.05, 0.1) is 0 Å². The Kier molecular flexibility index (Phi) is 4.09. The van der Waals surface area contributed by atoms with E-state index in [2.05, 4.69) is 36.5 Å². The summed E-state index contributed by atoms with van der Waals surface area (Å²) in [5.74, 6) is 2.41. The van der Waals surface area contributed by atoms with Crippen LogP contribution in [0.1, 0.15) is 24.0 Å². The topological polar surface area (TPSA) is 12.0 Å². The lowest BCUT2D eigenvalue weighted by molar-refractivity contribution is 0.674. The van der Waals surface area contributed by atoms with Crippen molar-refractivity contribution >= 4 is 11.8 Å². The molecule has 0 aromatic heterocycles. The summed E-state index contributed by atoms with van der Waals surface area (Å²) in [7, 11) is 0. The highest BCUT2D eigenvalue weighted by Gasteiger charge is 2.13. The normalized spacial score (nSPS) is 20.7. The van der Waals surface area contributed by atoms with Crippen LogP contribution in [0.15, 0.2) is 24.3 Å². The molecule has 1 nitrogen and oxygen atoms in total. The number of benzene rings is 1. The zero-order chi connectivity index (χ0) is 10.5. The van der Waals surface area contributed by atoms with Gasteiger partial charge >= 0.3 is 0 Å². The van der Waals surface area contributed by atoms with Gasteiger partial charge in [0, 0.05) is 17.5 Å². The lowest BCUT2D eigenvalue weighted by Gasteiger charge is -2.09. The lowest BCUT2D eigenvalue weighted by Crippen LogP contribution is -2.23. The number of hydrogen-bond acceptors (Lipinski definition) is 2. The number of nitrogens with one attached hydrogen (secondary N) is 1. The first-order chi connectivity index (χ1) is 7.34. The fourth-order valence-electron chi connectivity index (χ4n) is 2.02. The summed E-state index contributed by atoms with van der Waals surface area (Å²) < 4.78 is 0. The highest BCUT2D eigenvalue weighted by molar-refractivity contribution is 7.98. The molecule has 1 aliphatic rings. The minimum absolute atomic E-state index is 0.764. The summed E-state index contributed by atoms with van der Waals surface area (Å²) in [6.45, 7) is 3.38. The molecule has 1 saturated heterocycles. The highest BCUT2D eigenvalue weighted by atomic mass is 32.2. The molecule has 15 heavy (non-hydrogen) atoms. The van der Waals surface area contributed by atoms with E-state index < -0.39 is 0 Å². The monoisotopic (exact) mass is 221 g/mol. The second-order valence-corrected chi connectivity index (χ2v) is 5.33. The third-order valence-corrected chi connectivity index (χ3v) is 4.01. The molecule has 1 atom stereocenters. The number of hydrogen-bond donors (Lipinski definition) is 1. The molecule has 1 fully saturated rings. The van der Waals surface area contributed by atoms with Crippen molar-refractivity contribution in [3.05, 3.63) is 35.4 Å². The zero-order valence-corrected chi connectivity index (χ0v) is 10.1. The molecule has 0 saturated carbocycles. The first-order valence-electron chi connectivity index (χ1n) is 5.71. The summed E-state index contributed by atoms with van der Waals surface area (Å²) in [5.41, 5.74) is 2.82. The van der Waals surface area contributed by atoms with Gasteiger partial charge in [-0.2, -0.15) is 11.8 Å². The average Bonchev–Trinajstić information content (AvgIpc) is 2.71. The predicted molar refractivity (Wildman–Crippen MR) is 68.4 cm³/mol. The molecule has 0 bridgehead atoms. The van der Waals surface area contributed by atoms with Crippen LogP contribution in [0, 0.1) is 6.92 Å². The van der Waals surface area contributed by atoms with Gasteiger partial charge in [0.1, 0.15) is 0 Å². The Morgan fingerprint density at radius 3 is 3.13 bits per heavy atom. The van der Waals surface area contributed by atoms with Crippen LogP contribution in [0.5, 0.6) is 0 Å². The van der Waals surface area contributed by atoms with Gasteiger partial charge in [0.25, 0.3) is 0 Å². The molecule has 0 amide bonds. The van der Waals surface area contributed by atoms with Gasteiger partial charge in [-0.3, -0.25) is 0 Å². The highest BCUT2D eigenvalue weighted by Crippen LogP contribution is 2.17. The second kappa shape index (κ2) is 5.57. The van der Waals surface area contributed by atoms with Crippen molar-refractivity contribution in [3.8, 4) is 0 Å². The molecule has 1 aromatic carbocycles. The molecule has 0 spiro atoms. The van der Waals surface area contributed by atoms with Gasteiger partial charge in [-0.15, -0.1) is 0 Å². The van der Waals surface area contributed by atoms with E-state index in [0.29, 0.717) is 0 Å². The van der Waals surface area contributed by atoms with Gasteiger partial charge in [0.2, 0.25) is 0 Å². The maximum absolute atomic E-state index is 3.53. The summed E-state index contributed by atoms with van der Waals surface area (Å²) >= 11 is 2.05. The van der Waals surface area contributed by atoms with Crippen LogP contribution in [0.3, 0.4) is 0 Å². The molecule has 2 heteroatoms. The van der Waals surface area contributed by atoms with E-state index in [1.807, 2.05) is 11.8 Å². The predicted octanol–water partition coefficient (Wildman–Crippen LogP) is 2.98. The number of aryl methyl sites for hydroxylation is 1. The van der Waals surface area contributed by atoms with Crippen LogP contribution in [-0.2, 0) is 5.75 Å². The van der Waals surface area contributed by atoms with E-state index in [1.54, 1.807) is 0 Å². The Morgan fingerprint density at radius 1 is 1.47 bits per heavy atom. The molecule has 82 valence electrons. The average molecular weight is 221 g/mol. The molecule has 0 radical (unpaired) electrons. The van der Waals surface area contributed by atoms with Crippen LogP contribution in [-0.4, -0.2) is 18.3 Å². The number of thioether (sulfide) groups is 1. The molecule has 1 unspecified atom stereocenters. The Hall–Kier alpha value is -0.470. The molecule has 2 rings (SSSR count). The lowest BCUT2D eigenvalue weighted by atomic mass is 10.2. The standard InChI is InChI=1S/C13H19NS/c1-11-4-2-5-12(8-11)9-15-10-13-6-3-7-14-13/h2,4-5,8,13-14H,3,6-7,9-10H2,1H3. The van der Waals surface area contributed by atoms with Crippen molar-refractivity contribution < 1.29 is 0 Å². The van der Waals surface area contributed by atoms with Crippen LogP contribution >= 0.6 is 11.8 Å². The Bertz CT molecular complexity index is 305. The first kappa shape index (κ1) is 11.0. The minimum Gasteiger partial charge on any atom is -0.313 e. The maximum Gasteiger partial charge on any atom is 0.0185 e. The van der Waals surface area contributed by atoms with Crippen molar-refractivity contribution in [2.75, 3.05) is 12.3 Å².